The largest absolute Gasteiger partial charge is 0.389 e. The van der Waals surface area contributed by atoms with Gasteiger partial charge in [0.15, 0.2) is 6.29 Å². The third-order valence-corrected chi connectivity index (χ3v) is 4.28. The van der Waals surface area contributed by atoms with Crippen molar-refractivity contribution in [3.05, 3.63) is 0 Å². The van der Waals surface area contributed by atoms with E-state index in [-0.39, 0.29) is 13.0 Å². The number of aliphatic hydroxyl groups excluding tert-OH is 5. The van der Waals surface area contributed by atoms with Crippen molar-refractivity contribution >= 4 is 0 Å². The van der Waals surface area contributed by atoms with E-state index in [1.54, 1.807) is 0 Å². The summed E-state index contributed by atoms with van der Waals surface area (Å²) in [5, 5.41) is 49.3. The van der Waals surface area contributed by atoms with Gasteiger partial charge in [0.2, 0.25) is 0 Å². The summed E-state index contributed by atoms with van der Waals surface area (Å²) in [6.45, 7) is -0.0996. The summed E-state index contributed by atoms with van der Waals surface area (Å²) in [7, 11) is 0. The van der Waals surface area contributed by atoms with Gasteiger partial charge in [-0.15, -0.1) is 0 Å². The normalized spacial score (nSPS) is 53.5. The standard InChI is InChI=1S/C12H25N3O7/c13-2-5-7(17)8(18)10(20)12(21-5)22-11-4(15)1-3(14)6(16)9(11)19/h3-12,16-20H,1-2,13-15H2/t3-,4+,5-,6+,7-,8+,9-,10-,11-,12+/m1/s1. The Morgan fingerprint density at radius 3 is 2.09 bits per heavy atom. The lowest BCUT2D eigenvalue weighted by Gasteiger charge is -2.45. The Kier molecular flexibility index (Phi) is 5.72. The van der Waals surface area contributed by atoms with E-state index in [0.29, 0.717) is 0 Å². The molecule has 2 fully saturated rings. The van der Waals surface area contributed by atoms with Gasteiger partial charge < -0.3 is 52.2 Å². The van der Waals surface area contributed by atoms with E-state index in [1.165, 1.54) is 0 Å². The van der Waals surface area contributed by atoms with Crippen molar-refractivity contribution in [1.82, 2.24) is 0 Å². The van der Waals surface area contributed by atoms with Crippen molar-refractivity contribution in [2.75, 3.05) is 6.54 Å². The van der Waals surface area contributed by atoms with Crippen molar-refractivity contribution in [3.63, 3.8) is 0 Å². The predicted octanol–water partition coefficient (Wildman–Crippen LogP) is -5.08. The van der Waals surface area contributed by atoms with Crippen molar-refractivity contribution < 1.29 is 35.0 Å². The fourth-order valence-corrected chi connectivity index (χ4v) is 2.85. The lowest BCUT2D eigenvalue weighted by Crippen LogP contribution is -2.65. The van der Waals surface area contributed by atoms with Gasteiger partial charge in [0.05, 0.1) is 6.10 Å². The van der Waals surface area contributed by atoms with E-state index in [2.05, 4.69) is 0 Å². The molecule has 10 heteroatoms. The molecule has 0 bridgehead atoms. The van der Waals surface area contributed by atoms with Gasteiger partial charge in [0, 0.05) is 18.6 Å². The van der Waals surface area contributed by atoms with Gasteiger partial charge in [0.25, 0.3) is 0 Å². The van der Waals surface area contributed by atoms with Gasteiger partial charge in [-0.05, 0) is 6.42 Å². The zero-order chi connectivity index (χ0) is 16.6. The van der Waals surface area contributed by atoms with Crippen LogP contribution in [0.25, 0.3) is 0 Å². The lowest BCUT2D eigenvalue weighted by atomic mass is 9.84. The average molecular weight is 323 g/mol. The highest BCUT2D eigenvalue weighted by atomic mass is 16.7. The molecule has 2 aliphatic rings. The van der Waals surface area contributed by atoms with Crippen molar-refractivity contribution in [3.8, 4) is 0 Å². The number of hydrogen-bond acceptors (Lipinski definition) is 10. The van der Waals surface area contributed by atoms with Crippen LogP contribution in [0.1, 0.15) is 6.42 Å². The minimum absolute atomic E-state index is 0.0996. The molecule has 0 aromatic rings. The van der Waals surface area contributed by atoms with Crippen LogP contribution in [0.4, 0.5) is 0 Å². The highest BCUT2D eigenvalue weighted by Gasteiger charge is 2.48. The molecule has 0 aromatic carbocycles. The SMILES string of the molecule is NC[C@H]1O[C@@H](O[C@H]2[C@H](O)[C@@H](O)[C@H](N)C[C@@H]2N)[C@H](O)[C@@H](O)[C@@H]1O. The first-order valence-corrected chi connectivity index (χ1v) is 7.20. The van der Waals surface area contributed by atoms with E-state index in [9.17, 15) is 25.5 Å². The van der Waals surface area contributed by atoms with E-state index in [0.717, 1.165) is 0 Å². The van der Waals surface area contributed by atoms with Crippen LogP contribution in [0.2, 0.25) is 0 Å². The van der Waals surface area contributed by atoms with Gasteiger partial charge >= 0.3 is 0 Å². The van der Waals surface area contributed by atoms with Gasteiger partial charge in [-0.25, -0.2) is 0 Å². The Morgan fingerprint density at radius 1 is 0.864 bits per heavy atom. The van der Waals surface area contributed by atoms with Crippen molar-refractivity contribution in [2.24, 2.45) is 17.2 Å². The first kappa shape index (κ1) is 17.9. The van der Waals surface area contributed by atoms with Crippen LogP contribution in [0, 0.1) is 0 Å². The molecule has 10 atom stereocenters. The molecule has 11 N–H and O–H groups in total. The molecule has 2 rings (SSSR count). The molecule has 0 radical (unpaired) electrons. The summed E-state index contributed by atoms with van der Waals surface area (Å²) >= 11 is 0. The third kappa shape index (κ3) is 3.26. The highest BCUT2D eigenvalue weighted by Crippen LogP contribution is 2.27. The fraction of sp³-hybridized carbons (Fsp3) is 1.00. The zero-order valence-electron chi connectivity index (χ0n) is 12.0. The molecule has 1 heterocycles. The molecule has 22 heavy (non-hydrogen) atoms. The number of hydrogen-bond donors (Lipinski definition) is 8. The van der Waals surface area contributed by atoms with Crippen LogP contribution in [-0.4, -0.2) is 93.2 Å². The average Bonchev–Trinajstić information content (AvgIpc) is 2.49. The van der Waals surface area contributed by atoms with E-state index in [1.807, 2.05) is 0 Å². The monoisotopic (exact) mass is 323 g/mol. The molecule has 1 saturated carbocycles. The minimum atomic E-state index is -1.55. The topological polar surface area (TPSA) is 198 Å². The second kappa shape index (κ2) is 7.01. The van der Waals surface area contributed by atoms with Crippen LogP contribution >= 0.6 is 0 Å². The molecule has 0 spiro atoms. The number of ether oxygens (including phenoxy) is 2. The van der Waals surface area contributed by atoms with Crippen LogP contribution in [0.5, 0.6) is 0 Å². The second-order valence-corrected chi connectivity index (χ2v) is 5.90. The highest BCUT2D eigenvalue weighted by molar-refractivity contribution is 4.99. The number of aliphatic hydroxyl groups is 5. The quantitative estimate of drug-likeness (QED) is 0.248. The van der Waals surface area contributed by atoms with E-state index < -0.39 is 61.1 Å². The third-order valence-electron chi connectivity index (χ3n) is 4.28. The lowest BCUT2D eigenvalue weighted by molar-refractivity contribution is -0.318. The maximum atomic E-state index is 10.0. The minimum Gasteiger partial charge on any atom is -0.389 e. The van der Waals surface area contributed by atoms with E-state index >= 15 is 0 Å². The Labute approximate surface area is 127 Å². The van der Waals surface area contributed by atoms with Gasteiger partial charge in [-0.1, -0.05) is 0 Å². The molecule has 1 saturated heterocycles. The van der Waals surface area contributed by atoms with Gasteiger partial charge in [-0.2, -0.15) is 0 Å². The smallest absolute Gasteiger partial charge is 0.187 e. The van der Waals surface area contributed by atoms with Crippen LogP contribution in [-0.2, 0) is 9.47 Å². The maximum Gasteiger partial charge on any atom is 0.187 e. The molecule has 130 valence electrons. The molecule has 1 aliphatic heterocycles. The van der Waals surface area contributed by atoms with Gasteiger partial charge in [-0.3, -0.25) is 0 Å². The fourth-order valence-electron chi connectivity index (χ4n) is 2.85. The molecule has 0 amide bonds. The molecule has 10 nitrogen and oxygen atoms in total. The van der Waals surface area contributed by atoms with Gasteiger partial charge in [0.1, 0.15) is 36.6 Å². The summed E-state index contributed by atoms with van der Waals surface area (Å²) < 4.78 is 10.8. The molecule has 0 aromatic heterocycles. The van der Waals surface area contributed by atoms with Crippen molar-refractivity contribution in [1.29, 1.82) is 0 Å². The summed E-state index contributed by atoms with van der Waals surface area (Å²) in [6.07, 6.45) is -10.1. The first-order valence-electron chi connectivity index (χ1n) is 7.20. The number of nitrogens with two attached hydrogens (primary N) is 3. The molecule has 0 unspecified atom stereocenters. The Balaban J connectivity index is 2.08. The summed E-state index contributed by atoms with van der Waals surface area (Å²) in [5.41, 5.74) is 16.9. The van der Waals surface area contributed by atoms with Crippen LogP contribution in [0.3, 0.4) is 0 Å². The van der Waals surface area contributed by atoms with E-state index in [4.69, 9.17) is 26.7 Å². The molecular weight excluding hydrogens is 298 g/mol. The predicted molar refractivity (Wildman–Crippen MR) is 73.2 cm³/mol. The van der Waals surface area contributed by atoms with Crippen LogP contribution in [0.15, 0.2) is 0 Å². The number of rotatable bonds is 3. The van der Waals surface area contributed by atoms with Crippen LogP contribution < -0.4 is 17.2 Å². The van der Waals surface area contributed by atoms with Crippen molar-refractivity contribution in [2.45, 2.75) is 67.5 Å². The summed E-state index contributed by atoms with van der Waals surface area (Å²) in [4.78, 5) is 0. The Bertz CT molecular complexity index is 375. The zero-order valence-corrected chi connectivity index (χ0v) is 12.0. The first-order chi connectivity index (χ1) is 10.3. The summed E-state index contributed by atoms with van der Waals surface area (Å²) in [5.74, 6) is 0. The Hall–Kier alpha value is -0.400. The maximum absolute atomic E-state index is 10.0. The Morgan fingerprint density at radius 2 is 1.50 bits per heavy atom. The summed E-state index contributed by atoms with van der Waals surface area (Å²) in [6, 6.07) is -1.38. The molecule has 1 aliphatic carbocycles. The molecular formula is C12H25N3O7. The second-order valence-electron chi connectivity index (χ2n) is 5.90.